The van der Waals surface area contributed by atoms with Crippen molar-refractivity contribution in [3.8, 4) is 0 Å². The third-order valence-corrected chi connectivity index (χ3v) is 3.19. The first-order chi connectivity index (χ1) is 8.36. The van der Waals surface area contributed by atoms with Crippen LogP contribution in [0.25, 0.3) is 10.4 Å². The molecule has 1 aliphatic heterocycles. The highest BCUT2D eigenvalue weighted by molar-refractivity contribution is 4.71. The summed E-state index contributed by atoms with van der Waals surface area (Å²) >= 11 is 0. The summed E-state index contributed by atoms with van der Waals surface area (Å²) in [5.41, 5.74) is 13.7. The van der Waals surface area contributed by atoms with Gasteiger partial charge in [-0.3, -0.25) is 0 Å². The molecule has 6 heteroatoms. The molecule has 1 heterocycles. The van der Waals surface area contributed by atoms with Crippen molar-refractivity contribution >= 4 is 0 Å². The molecule has 1 fully saturated rings. The van der Waals surface area contributed by atoms with E-state index in [-0.39, 0.29) is 0 Å². The van der Waals surface area contributed by atoms with Gasteiger partial charge in [-0.1, -0.05) is 5.11 Å². The second kappa shape index (κ2) is 9.24. The van der Waals surface area contributed by atoms with Crippen LogP contribution in [0.4, 0.5) is 0 Å². The molecule has 0 unspecified atom stereocenters. The van der Waals surface area contributed by atoms with Crippen LogP contribution in [-0.2, 0) is 0 Å². The third kappa shape index (κ3) is 6.48. The summed E-state index contributed by atoms with van der Waals surface area (Å²) in [6, 6.07) is 0. The zero-order chi connectivity index (χ0) is 12.3. The van der Waals surface area contributed by atoms with Crippen LogP contribution in [0.2, 0.25) is 0 Å². The summed E-state index contributed by atoms with van der Waals surface area (Å²) in [5, 5.41) is 3.54. The molecule has 17 heavy (non-hydrogen) atoms. The van der Waals surface area contributed by atoms with Gasteiger partial charge in [0.05, 0.1) is 0 Å². The molecule has 0 amide bonds. The number of unbranched alkanes of at least 4 members (excludes halogenated alkanes) is 1. The lowest BCUT2D eigenvalue weighted by molar-refractivity contribution is 0.130. The smallest absolute Gasteiger partial charge is 0.0258 e. The molecule has 0 aromatic heterocycles. The Labute approximate surface area is 103 Å². The molecule has 98 valence electrons. The van der Waals surface area contributed by atoms with Crippen LogP contribution >= 0.6 is 0 Å². The molecular formula is C11H24N6. The predicted molar refractivity (Wildman–Crippen MR) is 69.8 cm³/mol. The van der Waals surface area contributed by atoms with Gasteiger partial charge in [-0.25, -0.2) is 0 Å². The molecule has 0 bridgehead atoms. The summed E-state index contributed by atoms with van der Waals surface area (Å²) in [7, 11) is 0. The zero-order valence-corrected chi connectivity index (χ0v) is 10.6. The number of piperazine rings is 1. The van der Waals surface area contributed by atoms with Gasteiger partial charge in [0.25, 0.3) is 0 Å². The van der Waals surface area contributed by atoms with E-state index in [0.29, 0.717) is 6.54 Å². The van der Waals surface area contributed by atoms with E-state index in [1.54, 1.807) is 0 Å². The maximum atomic E-state index is 8.15. The van der Waals surface area contributed by atoms with Gasteiger partial charge in [0.2, 0.25) is 0 Å². The van der Waals surface area contributed by atoms with E-state index in [9.17, 15) is 0 Å². The number of rotatable bonds is 8. The predicted octanol–water partition coefficient (Wildman–Crippen LogP) is 1.04. The van der Waals surface area contributed by atoms with Crippen LogP contribution < -0.4 is 5.73 Å². The molecule has 0 radical (unpaired) electrons. The number of azide groups is 1. The van der Waals surface area contributed by atoms with Crippen molar-refractivity contribution in [3.63, 3.8) is 0 Å². The standard InChI is InChI=1S/C11H24N6/c12-4-3-7-17-10-8-16(9-11-17)6-2-1-5-14-15-13/h1-12H2. The van der Waals surface area contributed by atoms with Crippen molar-refractivity contribution in [2.24, 2.45) is 10.8 Å². The molecule has 0 saturated carbocycles. The molecule has 1 aliphatic rings. The van der Waals surface area contributed by atoms with Crippen molar-refractivity contribution in [1.29, 1.82) is 0 Å². The largest absolute Gasteiger partial charge is 0.330 e. The Morgan fingerprint density at radius 3 is 2.12 bits per heavy atom. The van der Waals surface area contributed by atoms with Gasteiger partial charge in [-0.05, 0) is 44.4 Å². The van der Waals surface area contributed by atoms with E-state index in [4.69, 9.17) is 11.3 Å². The van der Waals surface area contributed by atoms with E-state index < -0.39 is 0 Å². The van der Waals surface area contributed by atoms with Crippen molar-refractivity contribution in [2.75, 3.05) is 52.4 Å². The van der Waals surface area contributed by atoms with Crippen LogP contribution in [0.15, 0.2) is 5.11 Å². The fourth-order valence-corrected chi connectivity index (χ4v) is 2.11. The van der Waals surface area contributed by atoms with Crippen molar-refractivity contribution in [1.82, 2.24) is 9.80 Å². The van der Waals surface area contributed by atoms with Crippen molar-refractivity contribution in [3.05, 3.63) is 10.4 Å². The van der Waals surface area contributed by atoms with E-state index >= 15 is 0 Å². The first-order valence-electron chi connectivity index (χ1n) is 6.52. The Morgan fingerprint density at radius 2 is 1.59 bits per heavy atom. The molecule has 0 atom stereocenters. The average molecular weight is 240 g/mol. The number of nitrogens with two attached hydrogens (primary N) is 1. The second-order valence-corrected chi connectivity index (χ2v) is 4.49. The quantitative estimate of drug-likeness (QED) is 0.298. The molecule has 0 aromatic rings. The molecular weight excluding hydrogens is 216 g/mol. The minimum absolute atomic E-state index is 0.632. The lowest BCUT2D eigenvalue weighted by Gasteiger charge is -2.34. The Morgan fingerprint density at radius 1 is 1.00 bits per heavy atom. The SMILES string of the molecule is [N-]=[N+]=NCCCCN1CCN(CCCN)CC1. The number of hydrogen-bond donors (Lipinski definition) is 1. The first kappa shape index (κ1) is 14.3. The highest BCUT2D eigenvalue weighted by Gasteiger charge is 2.15. The summed E-state index contributed by atoms with van der Waals surface area (Å²) in [6.07, 6.45) is 3.23. The van der Waals surface area contributed by atoms with Crippen molar-refractivity contribution in [2.45, 2.75) is 19.3 Å². The summed E-state index contributed by atoms with van der Waals surface area (Å²) in [5.74, 6) is 0. The summed E-state index contributed by atoms with van der Waals surface area (Å²) < 4.78 is 0. The third-order valence-electron chi connectivity index (χ3n) is 3.19. The Balaban J connectivity index is 2.00. The molecule has 2 N–H and O–H groups in total. The lowest BCUT2D eigenvalue weighted by Crippen LogP contribution is -2.46. The molecule has 0 aliphatic carbocycles. The fraction of sp³-hybridized carbons (Fsp3) is 1.00. The highest BCUT2D eigenvalue weighted by Crippen LogP contribution is 2.04. The maximum absolute atomic E-state index is 8.15. The van der Waals surface area contributed by atoms with Gasteiger partial charge in [0.1, 0.15) is 0 Å². The van der Waals surface area contributed by atoms with E-state index in [1.807, 2.05) is 0 Å². The minimum Gasteiger partial charge on any atom is -0.330 e. The van der Waals surface area contributed by atoms with Crippen molar-refractivity contribution < 1.29 is 0 Å². The van der Waals surface area contributed by atoms with Crippen LogP contribution in [0, 0.1) is 0 Å². The molecule has 0 aromatic carbocycles. The fourth-order valence-electron chi connectivity index (χ4n) is 2.11. The number of nitrogens with zero attached hydrogens (tertiary/aromatic N) is 5. The topological polar surface area (TPSA) is 81.3 Å². The molecule has 1 saturated heterocycles. The maximum Gasteiger partial charge on any atom is 0.0258 e. The van der Waals surface area contributed by atoms with Gasteiger partial charge in [0.15, 0.2) is 0 Å². The lowest BCUT2D eigenvalue weighted by atomic mass is 10.2. The normalized spacial score (nSPS) is 17.9. The summed E-state index contributed by atoms with van der Waals surface area (Å²) in [4.78, 5) is 7.74. The molecule has 0 spiro atoms. The second-order valence-electron chi connectivity index (χ2n) is 4.49. The monoisotopic (exact) mass is 240 g/mol. The molecule has 6 nitrogen and oxygen atoms in total. The Bertz CT molecular complexity index is 230. The average Bonchev–Trinajstić information content (AvgIpc) is 2.37. The molecule has 1 rings (SSSR count). The minimum atomic E-state index is 0.632. The van der Waals surface area contributed by atoms with Crippen LogP contribution in [0.5, 0.6) is 0 Å². The van der Waals surface area contributed by atoms with Crippen LogP contribution in [0.3, 0.4) is 0 Å². The summed E-state index contributed by atoms with van der Waals surface area (Å²) in [6.45, 7) is 8.34. The Kier molecular flexibility index (Phi) is 7.75. The zero-order valence-electron chi connectivity index (χ0n) is 10.6. The van der Waals surface area contributed by atoms with Gasteiger partial charge < -0.3 is 15.5 Å². The van der Waals surface area contributed by atoms with Gasteiger partial charge in [-0.2, -0.15) is 0 Å². The van der Waals surface area contributed by atoms with Gasteiger partial charge in [0, 0.05) is 37.6 Å². The van der Waals surface area contributed by atoms with E-state index in [2.05, 4.69) is 19.8 Å². The van der Waals surface area contributed by atoms with Crippen LogP contribution in [0.1, 0.15) is 19.3 Å². The first-order valence-corrected chi connectivity index (χ1v) is 6.52. The van der Waals surface area contributed by atoms with E-state index in [0.717, 1.165) is 65.1 Å². The van der Waals surface area contributed by atoms with Gasteiger partial charge >= 0.3 is 0 Å². The highest BCUT2D eigenvalue weighted by atomic mass is 15.3. The van der Waals surface area contributed by atoms with E-state index in [1.165, 1.54) is 0 Å². The van der Waals surface area contributed by atoms with Gasteiger partial charge in [-0.15, -0.1) is 0 Å². The Hall–Kier alpha value is -0.810. The number of hydrogen-bond acceptors (Lipinski definition) is 4. The van der Waals surface area contributed by atoms with Crippen LogP contribution in [-0.4, -0.2) is 62.2 Å².